The Morgan fingerprint density at radius 1 is 0.765 bits per heavy atom. The van der Waals surface area contributed by atoms with Crippen LogP contribution in [0.1, 0.15) is 85.5 Å². The lowest BCUT2D eigenvalue weighted by molar-refractivity contribution is -0.365. The Morgan fingerprint density at radius 3 is 1.86 bits per heavy atom. The summed E-state index contributed by atoms with van der Waals surface area (Å²) < 4.78 is 42.5. The van der Waals surface area contributed by atoms with Gasteiger partial charge in [0.2, 0.25) is 0 Å². The van der Waals surface area contributed by atoms with E-state index in [-0.39, 0.29) is 30.6 Å². The van der Waals surface area contributed by atoms with E-state index in [1.54, 1.807) is 45.9 Å². The van der Waals surface area contributed by atoms with Crippen molar-refractivity contribution in [1.29, 1.82) is 0 Å². The highest BCUT2D eigenvalue weighted by Gasteiger charge is 2.79. The van der Waals surface area contributed by atoms with Crippen molar-refractivity contribution in [2.45, 2.75) is 123 Å². The number of esters is 6. The highest BCUT2D eigenvalue weighted by atomic mass is 16.6. The number of carbonyl (C=O) groups is 6. The van der Waals surface area contributed by atoms with Gasteiger partial charge in [0.15, 0.2) is 17.8 Å². The van der Waals surface area contributed by atoms with Gasteiger partial charge in [-0.3, -0.25) is 24.0 Å². The van der Waals surface area contributed by atoms with Gasteiger partial charge in [-0.15, -0.1) is 0 Å². The maximum Gasteiger partial charge on any atom is 0.338 e. The number of benzene rings is 1. The molecule has 14 nitrogen and oxygen atoms in total. The number of rotatable bonds is 7. The first-order chi connectivity index (χ1) is 23.7. The number of hydrogen-bond acceptors (Lipinski definition) is 14. The average molecular weight is 715 g/mol. The quantitative estimate of drug-likeness (QED) is 0.247. The number of fused-ring (bicyclic) bond motifs is 5. The zero-order valence-electron chi connectivity index (χ0n) is 30.3. The highest BCUT2D eigenvalue weighted by molar-refractivity contribution is 5.89. The van der Waals surface area contributed by atoms with E-state index in [4.69, 9.17) is 33.2 Å². The largest absolute Gasteiger partial charge is 0.462 e. The van der Waals surface area contributed by atoms with Crippen molar-refractivity contribution < 1.29 is 67.0 Å². The molecule has 2 saturated carbocycles. The van der Waals surface area contributed by atoms with Crippen LogP contribution in [0.4, 0.5) is 0 Å². The SMILES string of the molecule is CC(=O)OC1[C@H](OC(C)=O)C2=C(C)[C@@H](OC(C)=O)C[C@@](O)(C(OC(=O)c3ccccc3)C3[C@@]1(C)[C@H](OC(C)=O)C[C@H]1OC[C@@]31OC(C)=O)C2(C)C. The summed E-state index contributed by atoms with van der Waals surface area (Å²) in [6.07, 6.45) is -8.34. The first-order valence-electron chi connectivity index (χ1n) is 16.9. The summed E-state index contributed by atoms with van der Waals surface area (Å²) in [6, 6.07) is 8.02. The maximum atomic E-state index is 14.2. The van der Waals surface area contributed by atoms with Crippen molar-refractivity contribution in [3.63, 3.8) is 0 Å². The first-order valence-corrected chi connectivity index (χ1v) is 16.9. The number of hydrogen-bond donors (Lipinski definition) is 1. The van der Waals surface area contributed by atoms with Crippen LogP contribution in [0.25, 0.3) is 0 Å². The van der Waals surface area contributed by atoms with Gasteiger partial charge in [-0.2, -0.15) is 0 Å². The van der Waals surface area contributed by atoms with Gasteiger partial charge in [-0.05, 0) is 30.2 Å². The number of ether oxygens (including phenoxy) is 7. The third-order valence-electron chi connectivity index (χ3n) is 11.3. The van der Waals surface area contributed by atoms with E-state index < -0.39 is 100 Å². The first kappa shape index (κ1) is 37.9. The summed E-state index contributed by atoms with van der Waals surface area (Å²) in [6.45, 7) is 12.2. The fourth-order valence-electron chi connectivity index (χ4n) is 9.16. The molecule has 0 aromatic heterocycles. The molecule has 3 aliphatic carbocycles. The molecular formula is C37H46O14. The van der Waals surface area contributed by atoms with Crippen LogP contribution in [0.5, 0.6) is 0 Å². The van der Waals surface area contributed by atoms with Crippen LogP contribution < -0.4 is 0 Å². The predicted octanol–water partition coefficient (Wildman–Crippen LogP) is 3.16. The lowest BCUT2D eigenvalue weighted by Crippen LogP contribution is -2.82. The number of aliphatic hydroxyl groups is 1. The van der Waals surface area contributed by atoms with E-state index >= 15 is 0 Å². The molecule has 0 radical (unpaired) electrons. The second kappa shape index (κ2) is 13.4. The summed E-state index contributed by atoms with van der Waals surface area (Å²) in [7, 11) is 0. The topological polar surface area (TPSA) is 187 Å². The molecule has 14 heteroatoms. The van der Waals surface area contributed by atoms with Gasteiger partial charge < -0.3 is 38.3 Å². The van der Waals surface area contributed by atoms with E-state index in [1.165, 1.54) is 32.9 Å². The van der Waals surface area contributed by atoms with Gasteiger partial charge in [0.1, 0.15) is 30.0 Å². The van der Waals surface area contributed by atoms with E-state index in [1.807, 2.05) is 0 Å². The molecule has 4 aliphatic rings. The minimum atomic E-state index is -2.19. The van der Waals surface area contributed by atoms with E-state index in [9.17, 15) is 33.9 Å². The van der Waals surface area contributed by atoms with Crippen molar-refractivity contribution in [1.82, 2.24) is 0 Å². The second-order valence-electron chi connectivity index (χ2n) is 14.7. The van der Waals surface area contributed by atoms with Crippen LogP contribution in [0.3, 0.4) is 0 Å². The third-order valence-corrected chi connectivity index (χ3v) is 11.3. The lowest BCUT2D eigenvalue weighted by Gasteiger charge is -2.69. The molecule has 51 heavy (non-hydrogen) atoms. The molecule has 3 unspecified atom stereocenters. The second-order valence-corrected chi connectivity index (χ2v) is 14.7. The fraction of sp³-hybridized carbons (Fsp3) is 0.622. The van der Waals surface area contributed by atoms with Crippen LogP contribution in [-0.4, -0.2) is 95.4 Å². The molecule has 1 aromatic carbocycles. The Hall–Kier alpha value is -4.30. The third kappa shape index (κ3) is 6.19. The summed E-state index contributed by atoms with van der Waals surface area (Å²) in [4.78, 5) is 78.6. The zero-order chi connectivity index (χ0) is 37.8. The lowest BCUT2D eigenvalue weighted by atomic mass is 9.44. The average Bonchev–Trinajstić information content (AvgIpc) is 3.00. The van der Waals surface area contributed by atoms with Gasteiger partial charge in [-0.1, -0.05) is 39.0 Å². The standard InChI is InChI=1S/C37H46O14/c1-18-25(46-19(2)38)16-37(44)32(50-33(43)24-13-11-10-12-14-24)30-35(9,26(47-20(3)39)15-27-36(30,17-45-27)51-23(6)42)31(49-22(5)41)29(48-21(4)40)28(18)34(37,7)8/h10-14,25-27,29-32,44H,15-17H2,1-9H3/t25-,26+,27+,29+,30?,31?,32?,35+,36-,37+/m0/s1. The highest BCUT2D eigenvalue weighted by Crippen LogP contribution is 2.66. The molecular weight excluding hydrogens is 668 g/mol. The van der Waals surface area contributed by atoms with Gasteiger partial charge in [0.05, 0.1) is 23.5 Å². The van der Waals surface area contributed by atoms with Crippen molar-refractivity contribution in [3.8, 4) is 0 Å². The number of carbonyl (C=O) groups excluding carboxylic acids is 6. The molecule has 1 aliphatic heterocycles. The van der Waals surface area contributed by atoms with Gasteiger partial charge >= 0.3 is 35.8 Å². The molecule has 0 spiro atoms. The van der Waals surface area contributed by atoms with Gasteiger partial charge in [0.25, 0.3) is 0 Å². The minimum absolute atomic E-state index is 0.0698. The molecule has 5 rings (SSSR count). The summed E-state index contributed by atoms with van der Waals surface area (Å²) in [5.41, 5.74) is -6.32. The Bertz CT molecular complexity index is 1650. The molecule has 1 N–H and O–H groups in total. The Morgan fingerprint density at radius 2 is 1.35 bits per heavy atom. The van der Waals surface area contributed by atoms with Crippen LogP contribution in [0.15, 0.2) is 41.5 Å². The molecule has 0 amide bonds. The molecule has 2 bridgehead atoms. The molecule has 1 heterocycles. The van der Waals surface area contributed by atoms with Crippen molar-refractivity contribution in [2.24, 2.45) is 16.7 Å². The summed E-state index contributed by atoms with van der Waals surface area (Å²) in [5, 5.41) is 13.5. The van der Waals surface area contributed by atoms with Crippen molar-refractivity contribution in [3.05, 3.63) is 47.0 Å². The Labute approximate surface area is 296 Å². The Kier molecular flexibility index (Phi) is 9.93. The smallest absolute Gasteiger partial charge is 0.338 e. The Balaban J connectivity index is 1.95. The van der Waals surface area contributed by atoms with E-state index in [0.717, 1.165) is 13.8 Å². The molecule has 278 valence electrons. The normalized spacial score (nSPS) is 36.3. The van der Waals surface area contributed by atoms with Gasteiger partial charge in [-0.25, -0.2) is 4.79 Å². The molecule has 1 aromatic rings. The van der Waals surface area contributed by atoms with Crippen molar-refractivity contribution >= 4 is 35.8 Å². The van der Waals surface area contributed by atoms with E-state index in [0.29, 0.717) is 5.57 Å². The van der Waals surface area contributed by atoms with Crippen LogP contribution in [0, 0.1) is 16.7 Å². The van der Waals surface area contributed by atoms with Gasteiger partial charge in [0, 0.05) is 52.9 Å². The van der Waals surface area contributed by atoms with Crippen LogP contribution in [-0.2, 0) is 57.1 Å². The van der Waals surface area contributed by atoms with Crippen LogP contribution in [0.2, 0.25) is 0 Å². The van der Waals surface area contributed by atoms with E-state index in [2.05, 4.69) is 0 Å². The zero-order valence-corrected chi connectivity index (χ0v) is 30.3. The van der Waals surface area contributed by atoms with Crippen molar-refractivity contribution in [2.75, 3.05) is 6.61 Å². The molecule has 10 atom stereocenters. The fourth-order valence-corrected chi connectivity index (χ4v) is 9.16. The maximum absolute atomic E-state index is 14.2. The van der Waals surface area contributed by atoms with Crippen LogP contribution >= 0.6 is 0 Å². The summed E-state index contributed by atoms with van der Waals surface area (Å²) in [5.74, 6) is -5.93. The molecule has 3 fully saturated rings. The minimum Gasteiger partial charge on any atom is -0.462 e. The predicted molar refractivity (Wildman–Crippen MR) is 174 cm³/mol. The summed E-state index contributed by atoms with van der Waals surface area (Å²) >= 11 is 0. The monoisotopic (exact) mass is 714 g/mol. The molecule has 1 saturated heterocycles.